The summed E-state index contributed by atoms with van der Waals surface area (Å²) in [5, 5.41) is 0. The van der Waals surface area contributed by atoms with Gasteiger partial charge in [0.2, 0.25) is 0 Å². The molecule has 17 heavy (non-hydrogen) atoms. The highest BCUT2D eigenvalue weighted by atomic mass is 15.1. The minimum atomic E-state index is 0.421. The smallest absolute Gasteiger partial charge is 0.0233 e. The summed E-state index contributed by atoms with van der Waals surface area (Å²) in [6, 6.07) is 10.1. The fourth-order valence-corrected chi connectivity index (χ4v) is 2.69. The van der Waals surface area contributed by atoms with E-state index in [4.69, 9.17) is 5.73 Å². The second kappa shape index (κ2) is 5.65. The van der Waals surface area contributed by atoms with E-state index in [9.17, 15) is 0 Å². The maximum absolute atomic E-state index is 5.97. The van der Waals surface area contributed by atoms with Crippen molar-refractivity contribution in [2.75, 3.05) is 7.05 Å². The maximum atomic E-state index is 5.97. The van der Waals surface area contributed by atoms with Crippen LogP contribution in [0.25, 0.3) is 0 Å². The molecular formula is C15H24N2. The van der Waals surface area contributed by atoms with Crippen molar-refractivity contribution < 1.29 is 0 Å². The van der Waals surface area contributed by atoms with Crippen molar-refractivity contribution in [2.24, 2.45) is 5.73 Å². The van der Waals surface area contributed by atoms with Crippen LogP contribution < -0.4 is 5.73 Å². The Morgan fingerprint density at radius 2 is 1.82 bits per heavy atom. The Morgan fingerprint density at radius 1 is 1.18 bits per heavy atom. The molecule has 0 bridgehead atoms. The van der Waals surface area contributed by atoms with E-state index in [2.05, 4.69) is 43.1 Å². The van der Waals surface area contributed by atoms with Gasteiger partial charge in [-0.05, 0) is 43.9 Å². The lowest BCUT2D eigenvalue weighted by molar-refractivity contribution is 0.235. The van der Waals surface area contributed by atoms with Gasteiger partial charge in [-0.3, -0.25) is 4.90 Å². The fraction of sp³-hybridized carbons (Fsp3) is 0.600. The van der Waals surface area contributed by atoms with Crippen LogP contribution in [-0.2, 0) is 13.0 Å². The van der Waals surface area contributed by atoms with Gasteiger partial charge in [0.15, 0.2) is 0 Å². The van der Waals surface area contributed by atoms with E-state index in [0.29, 0.717) is 12.1 Å². The molecule has 2 unspecified atom stereocenters. The third kappa shape index (κ3) is 3.30. The van der Waals surface area contributed by atoms with Crippen LogP contribution in [0.3, 0.4) is 0 Å². The van der Waals surface area contributed by atoms with Gasteiger partial charge in [-0.2, -0.15) is 0 Å². The molecule has 0 heterocycles. The van der Waals surface area contributed by atoms with E-state index in [-0.39, 0.29) is 0 Å². The fourth-order valence-electron chi connectivity index (χ4n) is 2.69. The average molecular weight is 232 g/mol. The number of nitrogens with two attached hydrogens (primary N) is 1. The quantitative estimate of drug-likeness (QED) is 0.864. The van der Waals surface area contributed by atoms with E-state index < -0.39 is 0 Å². The molecule has 0 aliphatic heterocycles. The van der Waals surface area contributed by atoms with Gasteiger partial charge in [0.25, 0.3) is 0 Å². The molecular weight excluding hydrogens is 208 g/mol. The summed E-state index contributed by atoms with van der Waals surface area (Å²) < 4.78 is 0. The SMILES string of the molecule is CCc1ccc(CN(C)C2CCC(N)C2)cc1. The predicted molar refractivity (Wildman–Crippen MR) is 72.9 cm³/mol. The molecule has 0 saturated heterocycles. The molecule has 0 aromatic heterocycles. The van der Waals surface area contributed by atoms with E-state index >= 15 is 0 Å². The van der Waals surface area contributed by atoms with Gasteiger partial charge >= 0.3 is 0 Å². The Kier molecular flexibility index (Phi) is 4.19. The highest BCUT2D eigenvalue weighted by Crippen LogP contribution is 2.23. The number of rotatable bonds is 4. The van der Waals surface area contributed by atoms with Crippen LogP contribution in [0.5, 0.6) is 0 Å². The van der Waals surface area contributed by atoms with Gasteiger partial charge in [-0.1, -0.05) is 31.2 Å². The molecule has 1 aliphatic carbocycles. The van der Waals surface area contributed by atoms with Gasteiger partial charge in [0, 0.05) is 18.6 Å². The van der Waals surface area contributed by atoms with Gasteiger partial charge in [-0.25, -0.2) is 0 Å². The van der Waals surface area contributed by atoms with E-state index in [1.807, 2.05) is 0 Å². The van der Waals surface area contributed by atoms with Crippen LogP contribution in [-0.4, -0.2) is 24.0 Å². The van der Waals surface area contributed by atoms with Crippen LogP contribution in [0, 0.1) is 0 Å². The molecule has 1 fully saturated rings. The lowest BCUT2D eigenvalue weighted by Gasteiger charge is -2.24. The van der Waals surface area contributed by atoms with Crippen molar-refractivity contribution in [2.45, 2.75) is 51.2 Å². The van der Waals surface area contributed by atoms with E-state index in [1.54, 1.807) is 0 Å². The van der Waals surface area contributed by atoms with Crippen LogP contribution in [0.2, 0.25) is 0 Å². The minimum Gasteiger partial charge on any atom is -0.328 e. The van der Waals surface area contributed by atoms with Crippen molar-refractivity contribution in [1.82, 2.24) is 4.90 Å². The summed E-state index contributed by atoms with van der Waals surface area (Å²) in [4.78, 5) is 2.45. The standard InChI is InChI=1S/C15H24N2/c1-3-12-4-6-13(7-5-12)11-17(2)15-9-8-14(16)10-15/h4-7,14-15H,3,8-11,16H2,1-2H3. The zero-order valence-corrected chi connectivity index (χ0v) is 11.0. The van der Waals surface area contributed by atoms with Crippen LogP contribution in [0.1, 0.15) is 37.3 Å². The number of benzene rings is 1. The zero-order valence-electron chi connectivity index (χ0n) is 11.0. The predicted octanol–water partition coefficient (Wildman–Crippen LogP) is 2.56. The Hall–Kier alpha value is -0.860. The normalized spacial score (nSPS) is 24.5. The highest BCUT2D eigenvalue weighted by molar-refractivity contribution is 5.22. The van der Waals surface area contributed by atoms with Gasteiger partial charge in [0.05, 0.1) is 0 Å². The third-order valence-corrected chi connectivity index (χ3v) is 3.93. The highest BCUT2D eigenvalue weighted by Gasteiger charge is 2.24. The van der Waals surface area contributed by atoms with Crippen molar-refractivity contribution in [3.8, 4) is 0 Å². The van der Waals surface area contributed by atoms with Crippen molar-refractivity contribution >= 4 is 0 Å². The maximum Gasteiger partial charge on any atom is 0.0233 e. The second-order valence-electron chi connectivity index (χ2n) is 5.31. The zero-order chi connectivity index (χ0) is 12.3. The molecule has 0 amide bonds. The summed E-state index contributed by atoms with van der Waals surface area (Å²) in [7, 11) is 2.22. The van der Waals surface area contributed by atoms with E-state index in [1.165, 1.54) is 24.0 Å². The second-order valence-corrected chi connectivity index (χ2v) is 5.31. The minimum absolute atomic E-state index is 0.421. The molecule has 2 heteroatoms. The number of aryl methyl sites for hydroxylation is 1. The van der Waals surface area contributed by atoms with Crippen LogP contribution >= 0.6 is 0 Å². The molecule has 2 rings (SSSR count). The molecule has 2 atom stereocenters. The Labute approximate surface area is 105 Å². The van der Waals surface area contributed by atoms with Crippen molar-refractivity contribution in [1.29, 1.82) is 0 Å². The summed E-state index contributed by atoms with van der Waals surface area (Å²) in [5.74, 6) is 0. The molecule has 0 spiro atoms. The summed E-state index contributed by atoms with van der Waals surface area (Å²) in [6.07, 6.45) is 4.71. The van der Waals surface area contributed by atoms with Gasteiger partial charge < -0.3 is 5.73 Å². The van der Waals surface area contributed by atoms with Gasteiger partial charge in [-0.15, -0.1) is 0 Å². The first-order valence-corrected chi connectivity index (χ1v) is 6.72. The molecule has 1 saturated carbocycles. The lowest BCUT2D eigenvalue weighted by atomic mass is 10.1. The Bertz CT molecular complexity index is 344. The summed E-state index contributed by atoms with van der Waals surface area (Å²) >= 11 is 0. The monoisotopic (exact) mass is 232 g/mol. The third-order valence-electron chi connectivity index (χ3n) is 3.93. The summed E-state index contributed by atoms with van der Waals surface area (Å²) in [5.41, 5.74) is 8.79. The molecule has 1 aliphatic rings. The first-order valence-electron chi connectivity index (χ1n) is 6.72. The Morgan fingerprint density at radius 3 is 2.35 bits per heavy atom. The van der Waals surface area contributed by atoms with Gasteiger partial charge in [0.1, 0.15) is 0 Å². The first kappa shape index (κ1) is 12.6. The lowest BCUT2D eigenvalue weighted by Crippen LogP contribution is -2.30. The molecule has 1 aromatic carbocycles. The van der Waals surface area contributed by atoms with Crippen molar-refractivity contribution in [3.63, 3.8) is 0 Å². The molecule has 0 radical (unpaired) electrons. The molecule has 94 valence electrons. The van der Waals surface area contributed by atoms with E-state index in [0.717, 1.165) is 19.4 Å². The molecule has 1 aromatic rings. The molecule has 2 N–H and O–H groups in total. The summed E-state index contributed by atoms with van der Waals surface area (Å²) in [6.45, 7) is 3.24. The average Bonchev–Trinajstić information content (AvgIpc) is 2.77. The number of hydrogen-bond donors (Lipinski definition) is 1. The van der Waals surface area contributed by atoms with Crippen LogP contribution in [0.4, 0.5) is 0 Å². The van der Waals surface area contributed by atoms with Crippen molar-refractivity contribution in [3.05, 3.63) is 35.4 Å². The largest absolute Gasteiger partial charge is 0.328 e. The topological polar surface area (TPSA) is 29.3 Å². The van der Waals surface area contributed by atoms with Crippen LogP contribution in [0.15, 0.2) is 24.3 Å². The number of nitrogens with zero attached hydrogens (tertiary/aromatic N) is 1. The first-order chi connectivity index (χ1) is 8.19. The number of hydrogen-bond acceptors (Lipinski definition) is 2. The Balaban J connectivity index is 1.91. The molecule has 2 nitrogen and oxygen atoms in total.